The summed E-state index contributed by atoms with van der Waals surface area (Å²) in [5, 5.41) is 7.27. The van der Waals surface area contributed by atoms with Gasteiger partial charge < -0.3 is 11.1 Å². The van der Waals surface area contributed by atoms with Gasteiger partial charge >= 0.3 is 0 Å². The molecule has 0 radical (unpaired) electrons. The van der Waals surface area contributed by atoms with E-state index in [1.165, 1.54) is 10.1 Å². The maximum Gasteiger partial charge on any atom is 0.0618 e. The minimum absolute atomic E-state index is 0.645. The number of hydrogen-bond donors (Lipinski definition) is 2. The molecular formula is C14H11ClN2S. The molecule has 0 saturated carbocycles. The summed E-state index contributed by atoms with van der Waals surface area (Å²) in [7, 11) is 0. The maximum absolute atomic E-state index is 5.92. The highest BCUT2D eigenvalue weighted by Crippen LogP contribution is 2.29. The molecular weight excluding hydrogens is 264 g/mol. The first kappa shape index (κ1) is 11.4. The second-order valence-electron chi connectivity index (χ2n) is 4.03. The number of nitrogens with one attached hydrogen (secondary N) is 1. The van der Waals surface area contributed by atoms with Crippen molar-refractivity contribution in [2.24, 2.45) is 0 Å². The average Bonchev–Trinajstić information content (AvgIpc) is 2.80. The van der Waals surface area contributed by atoms with Gasteiger partial charge in [0.05, 0.1) is 11.4 Å². The van der Waals surface area contributed by atoms with E-state index in [1.54, 1.807) is 17.4 Å². The number of thiophene rings is 1. The third kappa shape index (κ3) is 2.15. The van der Waals surface area contributed by atoms with E-state index in [-0.39, 0.29) is 0 Å². The van der Waals surface area contributed by atoms with Crippen molar-refractivity contribution in [3.8, 4) is 0 Å². The Bertz CT molecular complexity index is 706. The number of benzene rings is 2. The Kier molecular flexibility index (Phi) is 2.86. The van der Waals surface area contributed by atoms with Gasteiger partial charge in [-0.05, 0) is 53.2 Å². The molecule has 0 aliphatic heterocycles. The van der Waals surface area contributed by atoms with Gasteiger partial charge in [0.2, 0.25) is 0 Å². The molecule has 3 N–H and O–H groups in total. The van der Waals surface area contributed by atoms with Crippen LogP contribution in [0, 0.1) is 0 Å². The highest BCUT2D eigenvalue weighted by atomic mass is 35.5. The molecule has 2 aromatic carbocycles. The lowest BCUT2D eigenvalue weighted by Crippen LogP contribution is -1.95. The largest absolute Gasteiger partial charge is 0.397 e. The summed E-state index contributed by atoms with van der Waals surface area (Å²) < 4.78 is 1.28. The number of nitrogen functional groups attached to an aromatic ring is 1. The van der Waals surface area contributed by atoms with Crippen LogP contribution in [0.4, 0.5) is 17.1 Å². The minimum atomic E-state index is 0.645. The van der Waals surface area contributed by atoms with Gasteiger partial charge in [0.1, 0.15) is 0 Å². The van der Waals surface area contributed by atoms with E-state index in [2.05, 4.69) is 28.9 Å². The lowest BCUT2D eigenvalue weighted by Gasteiger charge is -2.09. The van der Waals surface area contributed by atoms with Crippen LogP contribution in [-0.2, 0) is 0 Å². The van der Waals surface area contributed by atoms with Crippen molar-refractivity contribution in [3.63, 3.8) is 0 Å². The Morgan fingerprint density at radius 3 is 2.78 bits per heavy atom. The molecule has 0 bridgehead atoms. The van der Waals surface area contributed by atoms with Crippen LogP contribution in [0.2, 0.25) is 5.02 Å². The van der Waals surface area contributed by atoms with Crippen molar-refractivity contribution in [2.45, 2.75) is 0 Å². The zero-order chi connectivity index (χ0) is 12.5. The van der Waals surface area contributed by atoms with Crippen molar-refractivity contribution in [1.82, 2.24) is 0 Å². The van der Waals surface area contributed by atoms with Crippen LogP contribution in [0.1, 0.15) is 0 Å². The van der Waals surface area contributed by atoms with Crippen molar-refractivity contribution in [3.05, 3.63) is 52.9 Å². The molecule has 3 rings (SSSR count). The molecule has 0 aliphatic rings. The fraction of sp³-hybridized carbons (Fsp3) is 0. The second kappa shape index (κ2) is 4.52. The Hall–Kier alpha value is -1.71. The summed E-state index contributed by atoms with van der Waals surface area (Å²) in [5.41, 5.74) is 8.46. The van der Waals surface area contributed by atoms with Crippen molar-refractivity contribution < 1.29 is 0 Å². The summed E-state index contributed by atoms with van der Waals surface area (Å²) in [4.78, 5) is 0. The van der Waals surface area contributed by atoms with Gasteiger partial charge in [-0.25, -0.2) is 0 Å². The molecule has 0 spiro atoms. The Morgan fingerprint density at radius 1 is 1.06 bits per heavy atom. The quantitative estimate of drug-likeness (QED) is 0.654. The van der Waals surface area contributed by atoms with Gasteiger partial charge in [-0.2, -0.15) is 0 Å². The van der Waals surface area contributed by atoms with Crippen LogP contribution in [0.3, 0.4) is 0 Å². The number of anilines is 3. The van der Waals surface area contributed by atoms with E-state index in [4.69, 9.17) is 17.3 Å². The average molecular weight is 275 g/mol. The molecule has 0 amide bonds. The van der Waals surface area contributed by atoms with Crippen molar-refractivity contribution >= 4 is 50.1 Å². The lowest BCUT2D eigenvalue weighted by molar-refractivity contribution is 1.57. The predicted octanol–water partition coefficient (Wildman–Crippen LogP) is 4.88. The topological polar surface area (TPSA) is 38.0 Å². The molecule has 3 aromatic rings. The van der Waals surface area contributed by atoms with Crippen LogP contribution < -0.4 is 11.1 Å². The van der Waals surface area contributed by atoms with Gasteiger partial charge in [-0.3, -0.25) is 0 Å². The zero-order valence-electron chi connectivity index (χ0n) is 9.48. The lowest BCUT2D eigenvalue weighted by atomic mass is 10.2. The van der Waals surface area contributed by atoms with Crippen LogP contribution in [0.5, 0.6) is 0 Å². The van der Waals surface area contributed by atoms with Crippen LogP contribution in [-0.4, -0.2) is 0 Å². The number of rotatable bonds is 2. The molecule has 1 heterocycles. The maximum atomic E-state index is 5.92. The molecule has 0 saturated heterocycles. The SMILES string of the molecule is Nc1cc(Cl)ccc1Nc1ccc2sccc2c1. The van der Waals surface area contributed by atoms with E-state index in [0.29, 0.717) is 10.7 Å². The molecule has 0 aliphatic carbocycles. The van der Waals surface area contributed by atoms with Gasteiger partial charge in [-0.15, -0.1) is 11.3 Å². The second-order valence-corrected chi connectivity index (χ2v) is 5.41. The zero-order valence-corrected chi connectivity index (χ0v) is 11.1. The van der Waals surface area contributed by atoms with Gasteiger partial charge in [0.25, 0.3) is 0 Å². The van der Waals surface area contributed by atoms with Crippen molar-refractivity contribution in [1.29, 1.82) is 0 Å². The molecule has 18 heavy (non-hydrogen) atoms. The monoisotopic (exact) mass is 274 g/mol. The Labute approximate surface area is 114 Å². The van der Waals surface area contributed by atoms with Crippen molar-refractivity contribution in [2.75, 3.05) is 11.1 Å². The summed E-state index contributed by atoms with van der Waals surface area (Å²) >= 11 is 7.61. The minimum Gasteiger partial charge on any atom is -0.397 e. The first-order valence-electron chi connectivity index (χ1n) is 5.52. The molecule has 4 heteroatoms. The summed E-state index contributed by atoms with van der Waals surface area (Å²) in [6.07, 6.45) is 0. The number of nitrogens with two attached hydrogens (primary N) is 1. The molecule has 0 atom stereocenters. The van der Waals surface area contributed by atoms with Crippen LogP contribution >= 0.6 is 22.9 Å². The highest BCUT2D eigenvalue weighted by molar-refractivity contribution is 7.17. The van der Waals surface area contributed by atoms with Gasteiger partial charge in [0.15, 0.2) is 0 Å². The predicted molar refractivity (Wildman–Crippen MR) is 81.0 cm³/mol. The third-order valence-corrected chi connectivity index (χ3v) is 3.88. The third-order valence-electron chi connectivity index (χ3n) is 2.75. The van der Waals surface area contributed by atoms with Gasteiger partial charge in [0, 0.05) is 15.4 Å². The normalized spacial score (nSPS) is 10.7. The van der Waals surface area contributed by atoms with Crippen LogP contribution in [0.25, 0.3) is 10.1 Å². The van der Waals surface area contributed by atoms with E-state index < -0.39 is 0 Å². The van der Waals surface area contributed by atoms with E-state index >= 15 is 0 Å². The van der Waals surface area contributed by atoms with Gasteiger partial charge in [-0.1, -0.05) is 11.6 Å². The fourth-order valence-electron chi connectivity index (χ4n) is 1.85. The number of hydrogen-bond acceptors (Lipinski definition) is 3. The highest BCUT2D eigenvalue weighted by Gasteiger charge is 2.02. The van der Waals surface area contributed by atoms with E-state index in [9.17, 15) is 0 Å². The summed E-state index contributed by atoms with van der Waals surface area (Å²) in [6, 6.07) is 13.8. The molecule has 0 unspecified atom stereocenters. The first-order valence-corrected chi connectivity index (χ1v) is 6.77. The van der Waals surface area contributed by atoms with Crippen LogP contribution in [0.15, 0.2) is 47.8 Å². The Balaban J connectivity index is 1.95. The van der Waals surface area contributed by atoms with E-state index in [1.807, 2.05) is 18.2 Å². The number of fused-ring (bicyclic) bond motifs is 1. The molecule has 1 aromatic heterocycles. The number of halogens is 1. The summed E-state index contributed by atoms with van der Waals surface area (Å²) in [6.45, 7) is 0. The molecule has 2 nitrogen and oxygen atoms in total. The standard InChI is InChI=1S/C14H11ClN2S/c15-10-1-3-13(12(16)8-10)17-11-2-4-14-9(7-11)5-6-18-14/h1-8,17H,16H2. The first-order chi connectivity index (χ1) is 8.72. The fourth-order valence-corrected chi connectivity index (χ4v) is 2.80. The molecule has 0 fully saturated rings. The van der Waals surface area contributed by atoms with E-state index in [0.717, 1.165) is 11.4 Å². The molecule has 90 valence electrons. The summed E-state index contributed by atoms with van der Waals surface area (Å²) in [5.74, 6) is 0. The smallest absolute Gasteiger partial charge is 0.0618 e. The Morgan fingerprint density at radius 2 is 1.94 bits per heavy atom.